The van der Waals surface area contributed by atoms with Crippen LogP contribution in [0.5, 0.6) is 0 Å². The monoisotopic (exact) mass is 216 g/mol. The molecular weight excluding hydrogens is 196 g/mol. The van der Waals surface area contributed by atoms with Crippen LogP contribution in [0.4, 0.5) is 0 Å². The van der Waals surface area contributed by atoms with E-state index < -0.39 is 0 Å². The molecule has 0 aliphatic heterocycles. The van der Waals surface area contributed by atoms with E-state index in [2.05, 4.69) is 6.92 Å². The fourth-order valence-electron chi connectivity index (χ4n) is 1.45. The number of hydrogen-bond acceptors (Lipinski definition) is 3. The number of rotatable bonds is 7. The van der Waals surface area contributed by atoms with Crippen LogP contribution in [0, 0.1) is 11.8 Å². The molecule has 14 heavy (non-hydrogen) atoms. The molecule has 1 saturated carbocycles. The van der Waals surface area contributed by atoms with Gasteiger partial charge in [0.25, 0.3) is 0 Å². The van der Waals surface area contributed by atoms with Gasteiger partial charge in [0.15, 0.2) is 0 Å². The fourth-order valence-corrected chi connectivity index (χ4v) is 2.78. The highest BCUT2D eigenvalue weighted by Gasteiger charge is 2.43. The van der Waals surface area contributed by atoms with E-state index >= 15 is 0 Å². The summed E-state index contributed by atoms with van der Waals surface area (Å²) in [6, 6.07) is 0. The zero-order valence-corrected chi connectivity index (χ0v) is 9.94. The molecule has 1 fully saturated rings. The predicted octanol–water partition coefficient (Wildman–Crippen LogP) is 2.72. The maximum atomic E-state index is 11.3. The minimum atomic E-state index is 0.0218. The second kappa shape index (κ2) is 6.33. The second-order valence-electron chi connectivity index (χ2n) is 3.78. The van der Waals surface area contributed by atoms with Gasteiger partial charge in [-0.3, -0.25) is 4.79 Å². The quantitative estimate of drug-likeness (QED) is 0.483. The Balaban J connectivity index is 1.99. The topological polar surface area (TPSA) is 26.3 Å². The van der Waals surface area contributed by atoms with Crippen LogP contribution in [-0.4, -0.2) is 24.1 Å². The average molecular weight is 216 g/mol. The van der Waals surface area contributed by atoms with Crippen molar-refractivity contribution in [3.63, 3.8) is 0 Å². The molecule has 0 radical (unpaired) electrons. The van der Waals surface area contributed by atoms with Crippen LogP contribution in [0.2, 0.25) is 0 Å². The molecule has 0 bridgehead atoms. The van der Waals surface area contributed by atoms with E-state index in [1.165, 1.54) is 18.6 Å². The van der Waals surface area contributed by atoms with Crippen LogP contribution in [-0.2, 0) is 9.53 Å². The highest BCUT2D eigenvalue weighted by atomic mass is 32.2. The van der Waals surface area contributed by atoms with Crippen molar-refractivity contribution in [2.75, 3.05) is 18.1 Å². The van der Waals surface area contributed by atoms with Crippen LogP contribution >= 0.6 is 11.8 Å². The van der Waals surface area contributed by atoms with Gasteiger partial charge in [-0.05, 0) is 37.2 Å². The van der Waals surface area contributed by atoms with Gasteiger partial charge in [-0.25, -0.2) is 0 Å². The minimum Gasteiger partial charge on any atom is -0.466 e. The fraction of sp³-hybridized carbons (Fsp3) is 0.909. The van der Waals surface area contributed by atoms with E-state index in [0.717, 1.165) is 12.2 Å². The summed E-state index contributed by atoms with van der Waals surface area (Å²) in [4.78, 5) is 11.3. The van der Waals surface area contributed by atoms with Gasteiger partial charge in [0, 0.05) is 0 Å². The molecule has 2 atom stereocenters. The van der Waals surface area contributed by atoms with Crippen LogP contribution in [0.3, 0.4) is 0 Å². The molecule has 0 N–H and O–H groups in total. The number of hydrogen-bond donors (Lipinski definition) is 0. The first-order valence-electron chi connectivity index (χ1n) is 5.54. The smallest absolute Gasteiger partial charge is 0.309 e. The molecule has 2 unspecified atom stereocenters. The van der Waals surface area contributed by atoms with Crippen LogP contribution in [0.15, 0.2) is 0 Å². The van der Waals surface area contributed by atoms with E-state index in [0.29, 0.717) is 12.5 Å². The Morgan fingerprint density at radius 2 is 2.29 bits per heavy atom. The summed E-state index contributed by atoms with van der Waals surface area (Å²) < 4.78 is 4.98. The van der Waals surface area contributed by atoms with Gasteiger partial charge < -0.3 is 4.74 Å². The molecule has 0 spiro atoms. The molecule has 1 aliphatic carbocycles. The average Bonchev–Trinajstić information content (AvgIpc) is 2.92. The van der Waals surface area contributed by atoms with E-state index in [-0.39, 0.29) is 11.9 Å². The third-order valence-corrected chi connectivity index (χ3v) is 3.73. The maximum absolute atomic E-state index is 11.3. The molecule has 3 heteroatoms. The molecule has 2 nitrogen and oxygen atoms in total. The molecule has 0 aromatic rings. The lowest BCUT2D eigenvalue weighted by molar-refractivity contribution is -0.144. The van der Waals surface area contributed by atoms with E-state index in [1.54, 1.807) is 0 Å². The molecule has 0 saturated heterocycles. The second-order valence-corrected chi connectivity index (χ2v) is 4.93. The lowest BCUT2D eigenvalue weighted by Gasteiger charge is -2.00. The summed E-state index contributed by atoms with van der Waals surface area (Å²) in [6.45, 7) is 4.59. The summed E-state index contributed by atoms with van der Waals surface area (Å²) in [6.07, 6.45) is 3.61. The van der Waals surface area contributed by atoms with E-state index in [4.69, 9.17) is 4.74 Å². The number of carbonyl (C=O) groups excluding carboxylic acids is 1. The van der Waals surface area contributed by atoms with Crippen LogP contribution in [0.25, 0.3) is 0 Å². The first-order valence-corrected chi connectivity index (χ1v) is 6.69. The molecule has 0 aromatic carbocycles. The highest BCUT2D eigenvalue weighted by Crippen LogP contribution is 2.41. The Kier molecular flexibility index (Phi) is 5.38. The minimum absolute atomic E-state index is 0.0218. The number of esters is 1. The van der Waals surface area contributed by atoms with Gasteiger partial charge in [-0.2, -0.15) is 11.8 Å². The number of thioether (sulfide) groups is 1. The Bertz CT molecular complexity index is 182. The van der Waals surface area contributed by atoms with Crippen LogP contribution in [0.1, 0.15) is 33.1 Å². The number of ether oxygens (including phenoxy) is 1. The first-order chi connectivity index (χ1) is 6.79. The third kappa shape index (κ3) is 3.91. The van der Waals surface area contributed by atoms with E-state index in [9.17, 15) is 4.79 Å². The van der Waals surface area contributed by atoms with Crippen molar-refractivity contribution in [1.82, 2.24) is 0 Å². The van der Waals surface area contributed by atoms with Gasteiger partial charge in [-0.15, -0.1) is 0 Å². The summed E-state index contributed by atoms with van der Waals surface area (Å²) >= 11 is 1.98. The molecular formula is C11H20O2S. The Hall–Kier alpha value is -0.180. The standard InChI is InChI=1S/C11H20O2S/c1-3-5-6-14-8-9-7-10(9)11(12)13-4-2/h9-10H,3-8H2,1-2H3. The lowest BCUT2D eigenvalue weighted by Crippen LogP contribution is -2.08. The number of unbranched alkanes of at least 4 members (excludes halogenated alkanes) is 1. The first kappa shape index (κ1) is 11.9. The van der Waals surface area contributed by atoms with E-state index in [1.807, 2.05) is 18.7 Å². The SMILES string of the molecule is CCCCSCC1CC1C(=O)OCC. The zero-order valence-electron chi connectivity index (χ0n) is 9.12. The van der Waals surface area contributed by atoms with Crippen molar-refractivity contribution in [1.29, 1.82) is 0 Å². The van der Waals surface area contributed by atoms with Crippen molar-refractivity contribution in [3.8, 4) is 0 Å². The van der Waals surface area contributed by atoms with Crippen molar-refractivity contribution in [3.05, 3.63) is 0 Å². The molecule has 82 valence electrons. The van der Waals surface area contributed by atoms with Gasteiger partial charge in [0.05, 0.1) is 12.5 Å². The zero-order chi connectivity index (χ0) is 10.4. The molecule has 1 rings (SSSR count). The molecule has 1 aliphatic rings. The normalized spacial score (nSPS) is 24.7. The molecule has 0 amide bonds. The summed E-state index contributed by atoms with van der Waals surface area (Å²) in [5.74, 6) is 3.24. The summed E-state index contributed by atoms with van der Waals surface area (Å²) in [7, 11) is 0. The van der Waals surface area contributed by atoms with Crippen molar-refractivity contribution >= 4 is 17.7 Å². The van der Waals surface area contributed by atoms with Crippen molar-refractivity contribution in [2.45, 2.75) is 33.1 Å². The lowest BCUT2D eigenvalue weighted by atomic mass is 10.3. The van der Waals surface area contributed by atoms with Gasteiger partial charge in [-0.1, -0.05) is 13.3 Å². The molecule has 0 aromatic heterocycles. The van der Waals surface area contributed by atoms with Gasteiger partial charge in [0.1, 0.15) is 0 Å². The van der Waals surface area contributed by atoms with Gasteiger partial charge >= 0.3 is 5.97 Å². The Labute approximate surface area is 90.8 Å². The summed E-state index contributed by atoms with van der Waals surface area (Å²) in [5, 5.41) is 0. The Morgan fingerprint density at radius 3 is 2.93 bits per heavy atom. The third-order valence-electron chi connectivity index (χ3n) is 2.49. The van der Waals surface area contributed by atoms with Crippen molar-refractivity contribution < 1.29 is 9.53 Å². The van der Waals surface area contributed by atoms with Crippen LogP contribution < -0.4 is 0 Å². The largest absolute Gasteiger partial charge is 0.466 e. The van der Waals surface area contributed by atoms with Crippen molar-refractivity contribution in [2.24, 2.45) is 11.8 Å². The van der Waals surface area contributed by atoms with Gasteiger partial charge in [0.2, 0.25) is 0 Å². The molecule has 0 heterocycles. The highest BCUT2D eigenvalue weighted by molar-refractivity contribution is 7.99. The number of carbonyl (C=O) groups is 1. The summed E-state index contributed by atoms with van der Waals surface area (Å²) in [5.41, 5.74) is 0. The predicted molar refractivity (Wildman–Crippen MR) is 60.5 cm³/mol. The Morgan fingerprint density at radius 1 is 1.50 bits per heavy atom. The maximum Gasteiger partial charge on any atom is 0.309 e.